The summed E-state index contributed by atoms with van der Waals surface area (Å²) in [5, 5.41) is 3.21. The predicted molar refractivity (Wildman–Crippen MR) is 128 cm³/mol. The molecule has 0 bridgehead atoms. The van der Waals surface area contributed by atoms with Gasteiger partial charge in [-0.25, -0.2) is 0 Å². The van der Waals surface area contributed by atoms with Gasteiger partial charge in [-0.2, -0.15) is 13.0 Å². The molecule has 162 valence electrons. The minimum absolute atomic E-state index is 0.205. The zero-order chi connectivity index (χ0) is 22.3. The third-order valence-corrected chi connectivity index (χ3v) is 6.10. The number of para-hydroxylation sites is 2. The standard InChI is InChI=1S/C25H28N2O3S/c1-25(2)22-15-9-10-16-23(22)27(19-12-20-31(28,29)30)24(25)17-8-3-4-11-18-26-21-13-6-5-7-14-21/h3-11,13-18H,12,19-20H2,1-2H3,(H,28,29,30)/p+1. The summed E-state index contributed by atoms with van der Waals surface area (Å²) in [7, 11) is -3.97. The molecule has 0 atom stereocenters. The highest BCUT2D eigenvalue weighted by Gasteiger charge is 2.43. The van der Waals surface area contributed by atoms with E-state index in [0.717, 1.165) is 17.1 Å². The van der Waals surface area contributed by atoms with Gasteiger partial charge in [-0.05, 0) is 32.1 Å². The molecular weight excluding hydrogens is 408 g/mol. The highest BCUT2D eigenvalue weighted by Crippen LogP contribution is 2.39. The topological polar surface area (TPSA) is 69.4 Å². The Morgan fingerprint density at radius 2 is 1.65 bits per heavy atom. The first-order valence-corrected chi connectivity index (χ1v) is 11.9. The van der Waals surface area contributed by atoms with Crippen molar-refractivity contribution in [2.45, 2.75) is 25.7 Å². The Hall–Kier alpha value is -2.96. The van der Waals surface area contributed by atoms with E-state index in [2.05, 4.69) is 41.9 Å². The van der Waals surface area contributed by atoms with Crippen LogP contribution in [0.25, 0.3) is 0 Å². The summed E-state index contributed by atoms with van der Waals surface area (Å²) in [4.78, 5) is 0. The van der Waals surface area contributed by atoms with Gasteiger partial charge in [0.1, 0.15) is 6.54 Å². The summed E-state index contributed by atoms with van der Waals surface area (Å²) in [5.74, 6) is -0.248. The molecule has 6 heteroatoms. The Balaban J connectivity index is 1.74. The molecule has 1 heterocycles. The van der Waals surface area contributed by atoms with Crippen LogP contribution < -0.4 is 5.32 Å². The SMILES string of the molecule is CC1(C)C(/C=C/C=C/C=C/Nc2ccccc2)=[N+](CCCS(=O)(=O)O)c2ccccc21. The summed E-state index contributed by atoms with van der Waals surface area (Å²) in [5.41, 5.74) is 4.21. The lowest BCUT2D eigenvalue weighted by Crippen LogP contribution is -2.28. The molecule has 2 N–H and O–H groups in total. The summed E-state index contributed by atoms with van der Waals surface area (Å²) >= 11 is 0. The van der Waals surface area contributed by atoms with Crippen LogP contribution in [0.15, 0.2) is 91.2 Å². The van der Waals surface area contributed by atoms with Crippen LogP contribution in [0, 0.1) is 0 Å². The maximum Gasteiger partial charge on any atom is 0.265 e. The summed E-state index contributed by atoms with van der Waals surface area (Å²) in [6.45, 7) is 4.86. The summed E-state index contributed by atoms with van der Waals surface area (Å²) in [6, 6.07) is 18.1. The molecule has 0 saturated heterocycles. The number of hydrogen-bond donors (Lipinski definition) is 2. The number of fused-ring (bicyclic) bond motifs is 1. The Morgan fingerprint density at radius 3 is 2.39 bits per heavy atom. The number of anilines is 1. The first kappa shape index (κ1) is 22.7. The van der Waals surface area contributed by atoms with E-state index in [4.69, 9.17) is 4.55 Å². The molecule has 0 fully saturated rings. The van der Waals surface area contributed by atoms with Crippen molar-refractivity contribution >= 4 is 27.2 Å². The molecule has 0 saturated carbocycles. The molecule has 1 aliphatic heterocycles. The van der Waals surface area contributed by atoms with Crippen LogP contribution in [-0.2, 0) is 15.5 Å². The van der Waals surface area contributed by atoms with Gasteiger partial charge in [0.2, 0.25) is 5.69 Å². The van der Waals surface area contributed by atoms with E-state index in [1.807, 2.05) is 73.0 Å². The molecule has 0 aromatic heterocycles. The van der Waals surface area contributed by atoms with Crippen LogP contribution in [0.2, 0.25) is 0 Å². The number of rotatable bonds is 9. The van der Waals surface area contributed by atoms with Crippen molar-refractivity contribution in [3.63, 3.8) is 0 Å². The van der Waals surface area contributed by atoms with Crippen LogP contribution in [-0.4, -0.2) is 35.6 Å². The maximum atomic E-state index is 11.1. The highest BCUT2D eigenvalue weighted by atomic mass is 32.2. The van der Waals surface area contributed by atoms with Gasteiger partial charge in [0, 0.05) is 36.0 Å². The summed E-state index contributed by atoms with van der Waals surface area (Å²) < 4.78 is 33.5. The smallest absolute Gasteiger partial charge is 0.265 e. The molecule has 0 spiro atoms. The van der Waals surface area contributed by atoms with Gasteiger partial charge >= 0.3 is 0 Å². The largest absolute Gasteiger partial charge is 0.362 e. The lowest BCUT2D eigenvalue weighted by Gasteiger charge is -2.15. The van der Waals surface area contributed by atoms with Crippen molar-refractivity contribution < 1.29 is 17.5 Å². The first-order valence-electron chi connectivity index (χ1n) is 10.3. The minimum atomic E-state index is -3.97. The van der Waals surface area contributed by atoms with E-state index in [9.17, 15) is 8.42 Å². The zero-order valence-electron chi connectivity index (χ0n) is 17.9. The van der Waals surface area contributed by atoms with Crippen LogP contribution >= 0.6 is 0 Å². The lowest BCUT2D eigenvalue weighted by atomic mass is 9.81. The average Bonchev–Trinajstić information content (AvgIpc) is 2.94. The van der Waals surface area contributed by atoms with Gasteiger partial charge in [0.05, 0.1) is 11.2 Å². The Bertz CT molecular complexity index is 1130. The van der Waals surface area contributed by atoms with Crippen LogP contribution in [0.5, 0.6) is 0 Å². The molecule has 2 aromatic carbocycles. The Morgan fingerprint density at radius 1 is 0.968 bits per heavy atom. The normalized spacial score (nSPS) is 16.0. The highest BCUT2D eigenvalue weighted by molar-refractivity contribution is 7.85. The number of benzene rings is 2. The van der Waals surface area contributed by atoms with E-state index in [0.29, 0.717) is 13.0 Å². The van der Waals surface area contributed by atoms with Crippen molar-refractivity contribution in [2.24, 2.45) is 0 Å². The third kappa shape index (κ3) is 6.03. The molecule has 2 aromatic rings. The van der Waals surface area contributed by atoms with Gasteiger partial charge in [-0.1, -0.05) is 54.6 Å². The molecule has 0 unspecified atom stereocenters. The Kier molecular flexibility index (Phi) is 7.25. The van der Waals surface area contributed by atoms with Crippen LogP contribution in [0.1, 0.15) is 25.8 Å². The quantitative estimate of drug-likeness (QED) is 0.326. The second-order valence-corrected chi connectivity index (χ2v) is 9.50. The molecule has 0 aliphatic carbocycles. The van der Waals surface area contributed by atoms with Gasteiger partial charge < -0.3 is 5.32 Å². The van der Waals surface area contributed by atoms with Crippen molar-refractivity contribution in [2.75, 3.05) is 17.6 Å². The second kappa shape index (κ2) is 9.90. The predicted octanol–water partition coefficient (Wildman–Crippen LogP) is 5.08. The van der Waals surface area contributed by atoms with E-state index in [1.165, 1.54) is 5.56 Å². The molecule has 3 rings (SSSR count). The van der Waals surface area contributed by atoms with E-state index in [1.54, 1.807) is 0 Å². The van der Waals surface area contributed by atoms with E-state index < -0.39 is 10.1 Å². The third-order valence-electron chi connectivity index (χ3n) is 5.29. The van der Waals surface area contributed by atoms with Crippen molar-refractivity contribution in [1.82, 2.24) is 0 Å². The monoisotopic (exact) mass is 437 g/mol. The Labute approximate surface area is 184 Å². The average molecular weight is 438 g/mol. The van der Waals surface area contributed by atoms with Crippen LogP contribution in [0.4, 0.5) is 11.4 Å². The maximum absolute atomic E-state index is 11.1. The zero-order valence-corrected chi connectivity index (χ0v) is 18.7. The van der Waals surface area contributed by atoms with Gasteiger partial charge in [0.15, 0.2) is 5.71 Å². The number of allylic oxidation sites excluding steroid dienone is 5. The van der Waals surface area contributed by atoms with Gasteiger partial charge in [-0.3, -0.25) is 4.55 Å². The van der Waals surface area contributed by atoms with Gasteiger partial charge in [0.25, 0.3) is 10.1 Å². The molecule has 31 heavy (non-hydrogen) atoms. The fourth-order valence-electron chi connectivity index (χ4n) is 3.80. The van der Waals surface area contributed by atoms with E-state index >= 15 is 0 Å². The van der Waals surface area contributed by atoms with Crippen molar-refractivity contribution in [3.8, 4) is 0 Å². The number of nitrogens with one attached hydrogen (secondary N) is 1. The molecule has 0 radical (unpaired) electrons. The van der Waals surface area contributed by atoms with Crippen molar-refractivity contribution in [3.05, 3.63) is 96.7 Å². The van der Waals surface area contributed by atoms with Crippen molar-refractivity contribution in [1.29, 1.82) is 0 Å². The molecule has 0 amide bonds. The minimum Gasteiger partial charge on any atom is -0.362 e. The molecule has 5 nitrogen and oxygen atoms in total. The second-order valence-electron chi connectivity index (χ2n) is 7.93. The fourth-order valence-corrected chi connectivity index (χ4v) is 4.29. The van der Waals surface area contributed by atoms with Crippen LogP contribution in [0.3, 0.4) is 0 Å². The summed E-state index contributed by atoms with van der Waals surface area (Å²) in [6.07, 6.45) is 12.1. The number of hydrogen-bond acceptors (Lipinski definition) is 3. The number of nitrogens with zero attached hydrogens (tertiary/aromatic N) is 1. The molecular formula is C25H29N2O3S+. The fraction of sp³-hybridized carbons (Fsp3) is 0.240. The van der Waals surface area contributed by atoms with E-state index in [-0.39, 0.29) is 11.2 Å². The lowest BCUT2D eigenvalue weighted by molar-refractivity contribution is -0.437. The molecule has 1 aliphatic rings. The first-order chi connectivity index (χ1) is 14.8. The van der Waals surface area contributed by atoms with Gasteiger partial charge in [-0.15, -0.1) is 0 Å².